The smallest absolute Gasteiger partial charge is 0.344 e. The van der Waals surface area contributed by atoms with E-state index in [-0.39, 0.29) is 16.5 Å². The zero-order valence-corrected chi connectivity index (χ0v) is 16.4. The molecule has 0 aliphatic carbocycles. The lowest BCUT2D eigenvalue weighted by atomic mass is 10.0. The fraction of sp³-hybridized carbons (Fsp3) is 0.0400. The second kappa shape index (κ2) is 7.02. The minimum Gasteiger partial charge on any atom is -0.422 e. The molecule has 0 unspecified atom stereocenters. The van der Waals surface area contributed by atoms with Gasteiger partial charge in [-0.15, -0.1) is 0 Å². The third-order valence-electron chi connectivity index (χ3n) is 5.25. The molecule has 152 valence electrons. The number of hydrogen-bond donors (Lipinski definition) is 0. The molecule has 0 saturated heterocycles. The number of pyridine rings is 1. The summed E-state index contributed by atoms with van der Waals surface area (Å²) in [5, 5.41) is 0.911. The zero-order chi connectivity index (χ0) is 21.7. The Labute approximate surface area is 174 Å². The molecule has 4 nitrogen and oxygen atoms in total. The van der Waals surface area contributed by atoms with E-state index in [1.54, 1.807) is 16.7 Å². The molecule has 0 aliphatic heterocycles. The molecule has 0 aliphatic rings. The summed E-state index contributed by atoms with van der Waals surface area (Å²) < 4.78 is 34.4. The topological polar surface area (TPSA) is 52.2 Å². The van der Waals surface area contributed by atoms with Crippen molar-refractivity contribution >= 4 is 21.9 Å². The van der Waals surface area contributed by atoms with Gasteiger partial charge in [-0.3, -0.25) is 4.79 Å². The maximum atomic E-state index is 14.0. The predicted molar refractivity (Wildman–Crippen MR) is 116 cm³/mol. The second-order valence-electron chi connectivity index (χ2n) is 7.37. The predicted octanol–water partition coefficient (Wildman–Crippen LogP) is 5.35. The third kappa shape index (κ3) is 3.22. The SMILES string of the molecule is Cc1ccc2oc(=O)c(-c3cn(-c4ccc(F)cc4)c4cc(F)ccc4c3=O)cc2c1. The molecule has 2 heterocycles. The fourth-order valence-corrected chi connectivity index (χ4v) is 3.74. The van der Waals surface area contributed by atoms with Crippen LogP contribution < -0.4 is 11.1 Å². The molecule has 3 aromatic carbocycles. The minimum atomic E-state index is -0.652. The Hall–Kier alpha value is -4.06. The molecule has 31 heavy (non-hydrogen) atoms. The van der Waals surface area contributed by atoms with E-state index < -0.39 is 22.7 Å². The largest absolute Gasteiger partial charge is 0.422 e. The van der Waals surface area contributed by atoms with Crippen LogP contribution in [0.2, 0.25) is 0 Å². The van der Waals surface area contributed by atoms with E-state index >= 15 is 0 Å². The van der Waals surface area contributed by atoms with E-state index in [0.717, 1.165) is 5.56 Å². The number of hydrogen-bond acceptors (Lipinski definition) is 3. The van der Waals surface area contributed by atoms with Crippen LogP contribution in [0, 0.1) is 18.6 Å². The van der Waals surface area contributed by atoms with Crippen LogP contribution in [-0.4, -0.2) is 4.57 Å². The third-order valence-corrected chi connectivity index (χ3v) is 5.25. The van der Waals surface area contributed by atoms with Crippen molar-refractivity contribution in [1.29, 1.82) is 0 Å². The monoisotopic (exact) mass is 415 g/mol. The van der Waals surface area contributed by atoms with Crippen LogP contribution >= 0.6 is 0 Å². The highest BCUT2D eigenvalue weighted by Crippen LogP contribution is 2.25. The van der Waals surface area contributed by atoms with Crippen molar-refractivity contribution in [2.24, 2.45) is 0 Å². The fourth-order valence-electron chi connectivity index (χ4n) is 3.74. The number of rotatable bonds is 2. The maximum absolute atomic E-state index is 14.0. The van der Waals surface area contributed by atoms with Gasteiger partial charge in [0.25, 0.3) is 0 Å². The van der Waals surface area contributed by atoms with E-state index in [2.05, 4.69) is 0 Å². The molecule has 0 radical (unpaired) electrons. The summed E-state index contributed by atoms with van der Waals surface area (Å²) in [5.41, 5.74) is 1.35. The molecule has 0 N–H and O–H groups in total. The maximum Gasteiger partial charge on any atom is 0.344 e. The number of fused-ring (bicyclic) bond motifs is 2. The molecule has 0 spiro atoms. The van der Waals surface area contributed by atoms with Gasteiger partial charge in [-0.25, -0.2) is 13.6 Å². The lowest BCUT2D eigenvalue weighted by molar-refractivity contribution is 0.563. The Kier molecular flexibility index (Phi) is 4.29. The van der Waals surface area contributed by atoms with Crippen molar-refractivity contribution in [3.8, 4) is 16.8 Å². The van der Waals surface area contributed by atoms with Crippen molar-refractivity contribution in [3.63, 3.8) is 0 Å². The van der Waals surface area contributed by atoms with Gasteiger partial charge in [0.1, 0.15) is 17.2 Å². The Morgan fingerprint density at radius 2 is 1.55 bits per heavy atom. The lowest BCUT2D eigenvalue weighted by Crippen LogP contribution is -2.15. The van der Waals surface area contributed by atoms with Crippen LogP contribution in [0.5, 0.6) is 0 Å². The first kappa shape index (κ1) is 18.9. The quantitative estimate of drug-likeness (QED) is 0.365. The number of benzene rings is 3. The average Bonchev–Trinajstić information content (AvgIpc) is 2.75. The Balaban J connectivity index is 1.87. The summed E-state index contributed by atoms with van der Waals surface area (Å²) in [7, 11) is 0. The molecule has 0 amide bonds. The van der Waals surface area contributed by atoms with Crippen molar-refractivity contribution < 1.29 is 13.2 Å². The summed E-state index contributed by atoms with van der Waals surface area (Å²) in [6.45, 7) is 1.91. The zero-order valence-electron chi connectivity index (χ0n) is 16.4. The van der Waals surface area contributed by atoms with E-state index in [1.807, 2.05) is 19.1 Å². The Bertz CT molecular complexity index is 1600. The van der Waals surface area contributed by atoms with Crippen LogP contribution in [0.1, 0.15) is 5.56 Å². The van der Waals surface area contributed by atoms with E-state index in [0.29, 0.717) is 22.2 Å². The van der Waals surface area contributed by atoms with Gasteiger partial charge in [0, 0.05) is 22.7 Å². The molecule has 0 fully saturated rings. The summed E-state index contributed by atoms with van der Waals surface area (Å²) in [4.78, 5) is 26.0. The summed E-state index contributed by atoms with van der Waals surface area (Å²) in [5.74, 6) is -0.942. The summed E-state index contributed by atoms with van der Waals surface area (Å²) >= 11 is 0. The van der Waals surface area contributed by atoms with Gasteiger partial charge in [0.2, 0.25) is 0 Å². The van der Waals surface area contributed by atoms with Crippen molar-refractivity contribution in [3.05, 3.63) is 111 Å². The van der Waals surface area contributed by atoms with Gasteiger partial charge >= 0.3 is 5.63 Å². The second-order valence-corrected chi connectivity index (χ2v) is 7.37. The van der Waals surface area contributed by atoms with Gasteiger partial charge < -0.3 is 8.98 Å². The first-order chi connectivity index (χ1) is 14.9. The molecule has 0 bridgehead atoms. The minimum absolute atomic E-state index is 0.102. The number of aromatic nitrogens is 1. The van der Waals surface area contributed by atoms with Gasteiger partial charge in [0.05, 0.1) is 16.6 Å². The van der Waals surface area contributed by atoms with Crippen LogP contribution in [0.3, 0.4) is 0 Å². The molecule has 5 rings (SSSR count). The number of halogens is 2. The Morgan fingerprint density at radius 1 is 0.806 bits per heavy atom. The molecule has 0 saturated carbocycles. The molecular weight excluding hydrogens is 400 g/mol. The molecule has 0 atom stereocenters. The summed E-state index contributed by atoms with van der Waals surface area (Å²) in [6, 6.07) is 16.4. The standard InChI is InChI=1S/C25H15F2NO3/c1-14-2-9-23-15(10-14)11-20(25(30)31-23)21-13-28(18-6-3-16(26)4-7-18)22-12-17(27)5-8-19(22)24(21)29/h2-13H,1H3. The van der Waals surface area contributed by atoms with Crippen LogP contribution in [0.15, 0.2) is 86.9 Å². The van der Waals surface area contributed by atoms with Gasteiger partial charge in [-0.1, -0.05) is 11.6 Å². The van der Waals surface area contributed by atoms with E-state index in [4.69, 9.17) is 4.42 Å². The molecule has 2 aromatic heterocycles. The van der Waals surface area contributed by atoms with Crippen LogP contribution in [0.4, 0.5) is 8.78 Å². The van der Waals surface area contributed by atoms with Crippen molar-refractivity contribution in [2.45, 2.75) is 6.92 Å². The number of aryl methyl sites for hydroxylation is 1. The highest BCUT2D eigenvalue weighted by molar-refractivity contribution is 5.88. The van der Waals surface area contributed by atoms with E-state index in [9.17, 15) is 18.4 Å². The lowest BCUT2D eigenvalue weighted by Gasteiger charge is -2.14. The van der Waals surface area contributed by atoms with Crippen molar-refractivity contribution in [2.75, 3.05) is 0 Å². The van der Waals surface area contributed by atoms with Crippen LogP contribution in [-0.2, 0) is 0 Å². The van der Waals surface area contributed by atoms with E-state index in [1.165, 1.54) is 48.7 Å². The van der Waals surface area contributed by atoms with Gasteiger partial charge in [0.15, 0.2) is 5.43 Å². The normalized spacial score (nSPS) is 11.3. The average molecular weight is 415 g/mol. The highest BCUT2D eigenvalue weighted by Gasteiger charge is 2.17. The Morgan fingerprint density at radius 3 is 2.32 bits per heavy atom. The van der Waals surface area contributed by atoms with Crippen LogP contribution in [0.25, 0.3) is 38.7 Å². The van der Waals surface area contributed by atoms with Crippen molar-refractivity contribution in [1.82, 2.24) is 4.57 Å². The van der Waals surface area contributed by atoms with Gasteiger partial charge in [-0.05, 0) is 67.6 Å². The number of nitrogens with zero attached hydrogens (tertiary/aromatic N) is 1. The first-order valence-corrected chi connectivity index (χ1v) is 9.56. The molecule has 5 aromatic rings. The molecular formula is C25H15F2NO3. The highest BCUT2D eigenvalue weighted by atomic mass is 19.1. The summed E-state index contributed by atoms with van der Waals surface area (Å²) in [6.07, 6.45) is 1.46. The first-order valence-electron chi connectivity index (χ1n) is 9.56. The molecule has 6 heteroatoms. The van der Waals surface area contributed by atoms with Gasteiger partial charge in [-0.2, -0.15) is 0 Å².